The molecular formula is C26H30N2O6. The fourth-order valence-corrected chi connectivity index (χ4v) is 4.95. The molecule has 180 valence electrons. The smallest absolute Gasteiger partial charge is 0.407 e. The zero-order valence-corrected chi connectivity index (χ0v) is 19.5. The first-order chi connectivity index (χ1) is 16.4. The quantitative estimate of drug-likeness (QED) is 0.618. The number of carbonyl (C=O) groups excluding carboxylic acids is 2. The lowest BCUT2D eigenvalue weighted by molar-refractivity contribution is -0.161. The van der Waals surface area contributed by atoms with E-state index < -0.39 is 23.7 Å². The van der Waals surface area contributed by atoms with Crippen molar-refractivity contribution < 1.29 is 29.0 Å². The van der Waals surface area contributed by atoms with Crippen molar-refractivity contribution in [1.29, 1.82) is 0 Å². The number of hydrogen-bond acceptors (Lipinski definition) is 5. The molecule has 1 aliphatic heterocycles. The standard InChI is InChI=1S/C26H30N2O6/c1-3-8-22(23(29)28-14-13-26(16-28,33-2)24(30)31)27-25(32)34-15-21-19-11-6-4-9-17(19)18-10-5-7-12-20(18)21/h4-7,9-12,21-22H,3,8,13-16H2,1-2H3,(H,27,32)(H,30,31). The van der Waals surface area contributed by atoms with Crippen LogP contribution in [-0.2, 0) is 19.1 Å². The van der Waals surface area contributed by atoms with E-state index >= 15 is 0 Å². The van der Waals surface area contributed by atoms with Crippen LogP contribution in [0.15, 0.2) is 48.5 Å². The predicted octanol–water partition coefficient (Wildman–Crippen LogP) is 3.40. The maximum Gasteiger partial charge on any atom is 0.407 e. The molecule has 34 heavy (non-hydrogen) atoms. The molecule has 1 fully saturated rings. The van der Waals surface area contributed by atoms with Gasteiger partial charge in [0.25, 0.3) is 0 Å². The number of alkyl carbamates (subject to hydrolysis) is 1. The lowest BCUT2D eigenvalue weighted by atomic mass is 9.98. The van der Waals surface area contributed by atoms with E-state index in [2.05, 4.69) is 17.4 Å². The van der Waals surface area contributed by atoms with Crippen LogP contribution in [0.5, 0.6) is 0 Å². The number of carboxylic acid groups (broad SMARTS) is 1. The van der Waals surface area contributed by atoms with Gasteiger partial charge in [0.2, 0.25) is 5.91 Å². The molecule has 0 bridgehead atoms. The Morgan fingerprint density at radius 1 is 1.12 bits per heavy atom. The van der Waals surface area contributed by atoms with Gasteiger partial charge < -0.3 is 24.8 Å². The van der Waals surface area contributed by atoms with Gasteiger partial charge in [0, 0.05) is 26.0 Å². The van der Waals surface area contributed by atoms with Crippen LogP contribution in [-0.4, -0.2) is 66.4 Å². The van der Waals surface area contributed by atoms with Gasteiger partial charge in [0.05, 0.1) is 6.54 Å². The van der Waals surface area contributed by atoms with E-state index in [1.165, 1.54) is 12.0 Å². The molecule has 4 rings (SSSR count). The van der Waals surface area contributed by atoms with Crippen LogP contribution in [0.4, 0.5) is 4.79 Å². The Morgan fingerprint density at radius 3 is 2.26 bits per heavy atom. The molecule has 8 nitrogen and oxygen atoms in total. The highest BCUT2D eigenvalue weighted by molar-refractivity contribution is 5.88. The summed E-state index contributed by atoms with van der Waals surface area (Å²) < 4.78 is 10.8. The van der Waals surface area contributed by atoms with Crippen molar-refractivity contribution in [3.63, 3.8) is 0 Å². The SMILES string of the molecule is CCCC(NC(=O)OCC1c2ccccc2-c2ccccc21)C(=O)N1CCC(OC)(C(=O)O)C1. The topological polar surface area (TPSA) is 105 Å². The number of methoxy groups -OCH3 is 1. The second kappa shape index (κ2) is 9.85. The number of likely N-dealkylation sites (tertiary alicyclic amines) is 1. The number of carboxylic acids is 1. The molecule has 8 heteroatoms. The third kappa shape index (κ3) is 4.37. The van der Waals surface area contributed by atoms with Crippen LogP contribution in [0.25, 0.3) is 11.1 Å². The van der Waals surface area contributed by atoms with Gasteiger partial charge in [-0.25, -0.2) is 9.59 Å². The summed E-state index contributed by atoms with van der Waals surface area (Å²) in [6, 6.07) is 15.4. The number of nitrogens with zero attached hydrogens (tertiary/aromatic N) is 1. The highest BCUT2D eigenvalue weighted by Crippen LogP contribution is 2.44. The van der Waals surface area contributed by atoms with E-state index in [1.54, 1.807) is 0 Å². The summed E-state index contributed by atoms with van der Waals surface area (Å²) in [7, 11) is 1.33. The van der Waals surface area contributed by atoms with Gasteiger partial charge in [-0.2, -0.15) is 0 Å². The van der Waals surface area contributed by atoms with Crippen molar-refractivity contribution in [2.24, 2.45) is 0 Å². The van der Waals surface area contributed by atoms with Crippen LogP contribution in [0.3, 0.4) is 0 Å². The van der Waals surface area contributed by atoms with Crippen molar-refractivity contribution >= 4 is 18.0 Å². The summed E-state index contributed by atoms with van der Waals surface area (Å²) in [6.45, 7) is 2.28. The third-order valence-corrected chi connectivity index (χ3v) is 6.84. The Kier molecular flexibility index (Phi) is 6.88. The summed E-state index contributed by atoms with van der Waals surface area (Å²) in [5.74, 6) is -1.49. The molecule has 1 aliphatic carbocycles. The average Bonchev–Trinajstić information content (AvgIpc) is 3.43. The highest BCUT2D eigenvalue weighted by atomic mass is 16.5. The van der Waals surface area contributed by atoms with Gasteiger partial charge in [0.1, 0.15) is 12.6 Å². The van der Waals surface area contributed by atoms with Crippen LogP contribution in [0, 0.1) is 0 Å². The maximum atomic E-state index is 13.1. The predicted molar refractivity (Wildman–Crippen MR) is 125 cm³/mol. The van der Waals surface area contributed by atoms with Crippen molar-refractivity contribution in [2.75, 3.05) is 26.8 Å². The lowest BCUT2D eigenvalue weighted by Crippen LogP contribution is -2.50. The molecule has 1 saturated heterocycles. The molecule has 2 aromatic carbocycles. The number of amides is 2. The first-order valence-corrected chi connectivity index (χ1v) is 11.6. The Balaban J connectivity index is 1.40. The van der Waals surface area contributed by atoms with E-state index in [-0.39, 0.29) is 37.9 Å². The van der Waals surface area contributed by atoms with Gasteiger partial charge in [-0.1, -0.05) is 61.9 Å². The molecule has 2 aromatic rings. The molecule has 1 heterocycles. The van der Waals surface area contributed by atoms with E-state index in [4.69, 9.17) is 9.47 Å². The minimum Gasteiger partial charge on any atom is -0.479 e. The lowest BCUT2D eigenvalue weighted by Gasteiger charge is -2.26. The fraction of sp³-hybridized carbons (Fsp3) is 0.423. The monoisotopic (exact) mass is 466 g/mol. The Hall–Kier alpha value is -3.39. The maximum absolute atomic E-state index is 13.1. The molecule has 0 saturated carbocycles. The Labute approximate surface area is 198 Å². The molecule has 2 atom stereocenters. The largest absolute Gasteiger partial charge is 0.479 e. The molecule has 2 N–H and O–H groups in total. The van der Waals surface area contributed by atoms with Crippen LogP contribution in [0.2, 0.25) is 0 Å². The van der Waals surface area contributed by atoms with Crippen molar-refractivity contribution in [1.82, 2.24) is 10.2 Å². The summed E-state index contributed by atoms with van der Waals surface area (Å²) in [6.07, 6.45) is 0.632. The summed E-state index contributed by atoms with van der Waals surface area (Å²) in [4.78, 5) is 38.9. The van der Waals surface area contributed by atoms with Crippen LogP contribution >= 0.6 is 0 Å². The van der Waals surface area contributed by atoms with E-state index in [1.807, 2.05) is 43.3 Å². The van der Waals surface area contributed by atoms with Gasteiger partial charge >= 0.3 is 12.1 Å². The van der Waals surface area contributed by atoms with E-state index in [0.29, 0.717) is 12.8 Å². The second-order valence-corrected chi connectivity index (χ2v) is 8.82. The number of rotatable bonds is 8. The zero-order chi connectivity index (χ0) is 24.3. The van der Waals surface area contributed by atoms with Gasteiger partial charge in [0.15, 0.2) is 5.60 Å². The van der Waals surface area contributed by atoms with Gasteiger partial charge in [-0.3, -0.25) is 4.79 Å². The number of benzene rings is 2. The normalized spacial score (nSPS) is 19.9. The molecule has 0 aromatic heterocycles. The first kappa shape index (κ1) is 23.8. The van der Waals surface area contributed by atoms with Crippen LogP contribution < -0.4 is 5.32 Å². The van der Waals surface area contributed by atoms with Gasteiger partial charge in [-0.05, 0) is 28.7 Å². The zero-order valence-electron chi connectivity index (χ0n) is 19.5. The van der Waals surface area contributed by atoms with Gasteiger partial charge in [-0.15, -0.1) is 0 Å². The summed E-state index contributed by atoms with van der Waals surface area (Å²) in [5.41, 5.74) is 3.09. The highest BCUT2D eigenvalue weighted by Gasteiger charge is 2.47. The third-order valence-electron chi connectivity index (χ3n) is 6.84. The number of fused-ring (bicyclic) bond motifs is 3. The molecule has 2 unspecified atom stereocenters. The van der Waals surface area contributed by atoms with Crippen LogP contribution in [0.1, 0.15) is 43.2 Å². The molecule has 2 aliphatic rings. The fourth-order valence-electron chi connectivity index (χ4n) is 4.95. The van der Waals surface area contributed by atoms with Crippen molar-refractivity contribution in [2.45, 2.75) is 43.7 Å². The molecule has 2 amide bonds. The Morgan fingerprint density at radius 2 is 1.74 bits per heavy atom. The summed E-state index contributed by atoms with van der Waals surface area (Å²) in [5, 5.41) is 12.2. The number of nitrogens with one attached hydrogen (secondary N) is 1. The number of hydrogen-bond donors (Lipinski definition) is 2. The molecule has 0 spiro atoms. The number of carbonyl (C=O) groups is 3. The van der Waals surface area contributed by atoms with E-state index in [9.17, 15) is 19.5 Å². The molecule has 0 radical (unpaired) electrons. The second-order valence-electron chi connectivity index (χ2n) is 8.82. The summed E-state index contributed by atoms with van der Waals surface area (Å²) >= 11 is 0. The minimum atomic E-state index is -1.41. The van der Waals surface area contributed by atoms with Crippen molar-refractivity contribution in [3.05, 3.63) is 59.7 Å². The Bertz CT molecular complexity index is 1040. The number of aliphatic carboxylic acids is 1. The average molecular weight is 467 g/mol. The number of ether oxygens (including phenoxy) is 2. The first-order valence-electron chi connectivity index (χ1n) is 11.6. The van der Waals surface area contributed by atoms with E-state index in [0.717, 1.165) is 22.3 Å². The minimum absolute atomic E-state index is 0.0513. The molecular weight excluding hydrogens is 436 g/mol. The van der Waals surface area contributed by atoms with Crippen molar-refractivity contribution in [3.8, 4) is 11.1 Å².